The summed E-state index contributed by atoms with van der Waals surface area (Å²) in [7, 11) is 0. The number of aryl methyl sites for hydroxylation is 2. The predicted octanol–water partition coefficient (Wildman–Crippen LogP) is 2.20. The van der Waals surface area contributed by atoms with Crippen LogP contribution in [0.5, 0.6) is 0 Å². The number of carbonyl (C=O) groups excluding carboxylic acids is 1. The van der Waals surface area contributed by atoms with Crippen LogP contribution in [0, 0.1) is 13.8 Å². The van der Waals surface area contributed by atoms with Gasteiger partial charge in [-0.2, -0.15) is 5.17 Å². The second-order valence-corrected chi connectivity index (χ2v) is 4.83. The van der Waals surface area contributed by atoms with E-state index in [1.54, 1.807) is 20.0 Å². The van der Waals surface area contributed by atoms with Gasteiger partial charge in [0.25, 0.3) is 0 Å². The Labute approximate surface area is 124 Å². The van der Waals surface area contributed by atoms with Gasteiger partial charge in [-0.25, -0.2) is 9.63 Å². The van der Waals surface area contributed by atoms with Crippen molar-refractivity contribution >= 4 is 11.7 Å². The van der Waals surface area contributed by atoms with Crippen molar-refractivity contribution in [1.29, 1.82) is 0 Å². The molecule has 6 nitrogen and oxygen atoms in total. The molecule has 1 aliphatic heterocycles. The normalized spacial score (nSPS) is 15.4. The zero-order chi connectivity index (χ0) is 15.4. The molecule has 1 N–H and O–H groups in total. The maximum Gasteiger partial charge on any atom is 0.337 e. The van der Waals surface area contributed by atoms with Gasteiger partial charge in [-0.1, -0.05) is 18.2 Å². The Balaban J connectivity index is 1.99. The molecule has 0 amide bonds. The van der Waals surface area contributed by atoms with Gasteiger partial charge in [0, 0.05) is 6.20 Å². The molecule has 0 aliphatic carbocycles. The third-order valence-corrected chi connectivity index (χ3v) is 3.13. The fraction of sp³-hybridized carbons (Fsp3) is 0.400. The van der Waals surface area contributed by atoms with E-state index in [4.69, 9.17) is 9.57 Å². The van der Waals surface area contributed by atoms with E-state index in [1.165, 1.54) is 5.17 Å². The van der Waals surface area contributed by atoms with Crippen LogP contribution in [-0.2, 0) is 14.4 Å². The number of anilines is 1. The Hall–Kier alpha value is -2.05. The second kappa shape index (κ2) is 6.60. The first-order chi connectivity index (χ1) is 10.0. The van der Waals surface area contributed by atoms with Gasteiger partial charge in [-0.3, -0.25) is 5.01 Å². The van der Waals surface area contributed by atoms with Crippen molar-refractivity contribution in [2.75, 3.05) is 11.6 Å². The summed E-state index contributed by atoms with van der Waals surface area (Å²) in [6.45, 7) is 7.84. The van der Waals surface area contributed by atoms with Gasteiger partial charge in [0.1, 0.15) is 0 Å². The topological polar surface area (TPSA) is 54.0 Å². The van der Waals surface area contributed by atoms with Crippen LogP contribution in [0.2, 0.25) is 0 Å². The van der Waals surface area contributed by atoms with Gasteiger partial charge in [0.2, 0.25) is 0 Å². The second-order valence-electron chi connectivity index (χ2n) is 4.83. The van der Waals surface area contributed by atoms with E-state index in [9.17, 15) is 4.79 Å². The van der Waals surface area contributed by atoms with Crippen molar-refractivity contribution in [3.8, 4) is 0 Å². The number of hydrazine groups is 2. The summed E-state index contributed by atoms with van der Waals surface area (Å²) in [6.07, 6.45) is 2.87. The number of rotatable bonds is 5. The van der Waals surface area contributed by atoms with E-state index in [0.717, 1.165) is 16.8 Å². The quantitative estimate of drug-likeness (QED) is 0.839. The van der Waals surface area contributed by atoms with E-state index < -0.39 is 12.1 Å². The molecule has 114 valence electrons. The smallest absolute Gasteiger partial charge is 0.337 e. The van der Waals surface area contributed by atoms with E-state index in [1.807, 2.05) is 43.3 Å². The number of hydrogen-bond donors (Lipinski definition) is 1. The Kier molecular flexibility index (Phi) is 4.82. The molecule has 0 bridgehead atoms. The molecular formula is C15H21N3O3. The Morgan fingerprint density at radius 3 is 2.57 bits per heavy atom. The maximum absolute atomic E-state index is 11.6. The summed E-state index contributed by atoms with van der Waals surface area (Å²) in [5.41, 5.74) is 6.39. The summed E-state index contributed by atoms with van der Waals surface area (Å²) in [6, 6.07) is 6.11. The minimum absolute atomic E-state index is 0.338. The molecule has 0 spiro atoms. The van der Waals surface area contributed by atoms with Crippen molar-refractivity contribution in [1.82, 2.24) is 10.7 Å². The minimum atomic E-state index is -0.681. The molecule has 0 saturated heterocycles. The maximum atomic E-state index is 11.6. The van der Waals surface area contributed by atoms with Gasteiger partial charge in [-0.15, -0.1) is 5.53 Å². The van der Waals surface area contributed by atoms with Gasteiger partial charge in [-0.05, 0) is 38.8 Å². The van der Waals surface area contributed by atoms with Crippen LogP contribution in [-0.4, -0.2) is 23.9 Å². The van der Waals surface area contributed by atoms with Crippen LogP contribution in [0.3, 0.4) is 0 Å². The highest BCUT2D eigenvalue weighted by Gasteiger charge is 2.22. The molecule has 1 aliphatic rings. The number of ether oxygens (including phenoxy) is 1. The standard InChI is InChI=1S/C15H21N3O3/c1-5-20-15(19)13(4)21-18-10-9-17(16-18)14-11(2)7-6-8-12(14)3/h6-10,13,16H,5H2,1-4H3. The van der Waals surface area contributed by atoms with E-state index >= 15 is 0 Å². The molecule has 1 atom stereocenters. The number of hydroxylamine groups is 1. The highest BCUT2D eigenvalue weighted by atomic mass is 16.7. The van der Waals surface area contributed by atoms with Crippen LogP contribution in [0.4, 0.5) is 5.69 Å². The molecule has 21 heavy (non-hydrogen) atoms. The molecule has 0 fully saturated rings. The highest BCUT2D eigenvalue weighted by Crippen LogP contribution is 2.25. The lowest BCUT2D eigenvalue weighted by Gasteiger charge is -2.25. The fourth-order valence-corrected chi connectivity index (χ4v) is 2.14. The number of carbonyl (C=O) groups is 1. The lowest BCUT2D eigenvalue weighted by Crippen LogP contribution is -2.43. The number of esters is 1. The van der Waals surface area contributed by atoms with Crippen molar-refractivity contribution in [3.05, 3.63) is 41.7 Å². The first-order valence-corrected chi connectivity index (χ1v) is 6.95. The molecular weight excluding hydrogens is 270 g/mol. The molecule has 2 rings (SSSR count). The largest absolute Gasteiger partial charge is 0.464 e. The van der Waals surface area contributed by atoms with Gasteiger partial charge in [0.05, 0.1) is 18.5 Å². The molecule has 1 unspecified atom stereocenters. The molecule has 0 aromatic heterocycles. The summed E-state index contributed by atoms with van der Waals surface area (Å²) in [5.74, 6) is -0.391. The van der Waals surface area contributed by atoms with E-state index in [-0.39, 0.29) is 0 Å². The zero-order valence-electron chi connectivity index (χ0n) is 12.8. The van der Waals surface area contributed by atoms with Crippen LogP contribution >= 0.6 is 0 Å². The SMILES string of the molecule is CCOC(=O)C(C)ON1C=CN(c2c(C)cccc2C)N1. The number of para-hydroxylation sites is 1. The van der Waals surface area contributed by atoms with Crippen molar-refractivity contribution in [2.24, 2.45) is 0 Å². The van der Waals surface area contributed by atoms with Crippen LogP contribution in [0.15, 0.2) is 30.6 Å². The van der Waals surface area contributed by atoms with Crippen LogP contribution in [0.25, 0.3) is 0 Å². The lowest BCUT2D eigenvalue weighted by molar-refractivity contribution is -0.205. The number of hydrogen-bond acceptors (Lipinski definition) is 6. The van der Waals surface area contributed by atoms with Crippen molar-refractivity contribution in [2.45, 2.75) is 33.8 Å². The summed E-state index contributed by atoms with van der Waals surface area (Å²) < 4.78 is 4.91. The first-order valence-electron chi connectivity index (χ1n) is 6.95. The number of benzene rings is 1. The van der Waals surface area contributed by atoms with E-state index in [0.29, 0.717) is 6.61 Å². The van der Waals surface area contributed by atoms with Crippen LogP contribution in [0.1, 0.15) is 25.0 Å². The van der Waals surface area contributed by atoms with Gasteiger partial charge >= 0.3 is 5.97 Å². The first kappa shape index (κ1) is 15.3. The molecule has 0 radical (unpaired) electrons. The molecule has 1 aromatic rings. The minimum Gasteiger partial charge on any atom is -0.464 e. The third kappa shape index (κ3) is 3.53. The Morgan fingerprint density at radius 1 is 1.29 bits per heavy atom. The van der Waals surface area contributed by atoms with E-state index in [2.05, 4.69) is 5.53 Å². The number of nitrogens with one attached hydrogen (secondary N) is 1. The molecule has 1 aromatic carbocycles. The Bertz CT molecular complexity index is 525. The average molecular weight is 291 g/mol. The molecule has 6 heteroatoms. The number of nitrogens with zero attached hydrogens (tertiary/aromatic N) is 2. The van der Waals surface area contributed by atoms with Crippen LogP contribution < -0.4 is 10.5 Å². The molecule has 1 heterocycles. The fourth-order valence-electron chi connectivity index (χ4n) is 2.14. The average Bonchev–Trinajstić information content (AvgIpc) is 2.87. The monoisotopic (exact) mass is 291 g/mol. The zero-order valence-corrected chi connectivity index (χ0v) is 12.8. The summed E-state index contributed by atoms with van der Waals surface area (Å²) in [4.78, 5) is 17.0. The van der Waals surface area contributed by atoms with Crippen molar-refractivity contribution in [3.63, 3.8) is 0 Å². The van der Waals surface area contributed by atoms with Crippen molar-refractivity contribution < 1.29 is 14.4 Å². The highest BCUT2D eigenvalue weighted by molar-refractivity contribution is 5.74. The van der Waals surface area contributed by atoms with Gasteiger partial charge < -0.3 is 4.74 Å². The summed E-state index contributed by atoms with van der Waals surface area (Å²) >= 11 is 0. The lowest BCUT2D eigenvalue weighted by atomic mass is 10.1. The third-order valence-electron chi connectivity index (χ3n) is 3.13. The van der Waals surface area contributed by atoms with Gasteiger partial charge in [0.15, 0.2) is 6.10 Å². The predicted molar refractivity (Wildman–Crippen MR) is 79.7 cm³/mol. The Morgan fingerprint density at radius 2 is 1.95 bits per heavy atom. The molecule has 0 saturated carbocycles. The summed E-state index contributed by atoms with van der Waals surface area (Å²) in [5, 5.41) is 3.25.